The zero-order valence-electron chi connectivity index (χ0n) is 17.0. The third-order valence-electron chi connectivity index (χ3n) is 5.21. The summed E-state index contributed by atoms with van der Waals surface area (Å²) in [5, 5.41) is 13.9. The van der Waals surface area contributed by atoms with Crippen molar-refractivity contribution in [1.29, 1.82) is 0 Å². The third kappa shape index (κ3) is 3.60. The zero-order valence-corrected chi connectivity index (χ0v) is 18.6. The van der Waals surface area contributed by atoms with E-state index in [1.54, 1.807) is 19.2 Å². The Hall–Kier alpha value is -3.40. The standard InChI is InChI=1S/C23H17N3O4S2/c1-30-11-10-25-18-8-6-14-4-2-3-5-17(14)21(18)32-23(25)24-22(27)20-13-15-12-16(26(28)29)7-9-19(15)31-20/h2-9,12-13H,10-11H2,1H3. The van der Waals surface area contributed by atoms with Gasteiger partial charge in [0.2, 0.25) is 0 Å². The molecule has 5 aromatic rings. The fourth-order valence-electron chi connectivity index (χ4n) is 3.67. The van der Waals surface area contributed by atoms with Crippen molar-refractivity contribution in [2.75, 3.05) is 13.7 Å². The summed E-state index contributed by atoms with van der Waals surface area (Å²) in [7, 11) is 1.64. The summed E-state index contributed by atoms with van der Waals surface area (Å²) in [4.78, 5) is 29.1. The maximum atomic E-state index is 13.0. The van der Waals surface area contributed by atoms with E-state index in [2.05, 4.69) is 23.2 Å². The van der Waals surface area contributed by atoms with E-state index in [1.807, 2.05) is 22.8 Å². The molecule has 0 spiro atoms. The van der Waals surface area contributed by atoms with E-state index in [1.165, 1.54) is 34.8 Å². The van der Waals surface area contributed by atoms with Gasteiger partial charge in [-0.2, -0.15) is 4.99 Å². The maximum absolute atomic E-state index is 13.0. The predicted molar refractivity (Wildman–Crippen MR) is 128 cm³/mol. The van der Waals surface area contributed by atoms with Crippen molar-refractivity contribution < 1.29 is 14.5 Å². The second kappa shape index (κ2) is 8.27. The molecule has 2 aromatic heterocycles. The zero-order chi connectivity index (χ0) is 22.2. The molecule has 5 rings (SSSR count). The van der Waals surface area contributed by atoms with Gasteiger partial charge in [0.15, 0.2) is 4.80 Å². The molecule has 1 amide bonds. The highest BCUT2D eigenvalue weighted by molar-refractivity contribution is 7.21. The summed E-state index contributed by atoms with van der Waals surface area (Å²) in [5.41, 5.74) is 1.00. The quantitative estimate of drug-likeness (QED) is 0.259. The number of carbonyl (C=O) groups is 1. The van der Waals surface area contributed by atoms with Gasteiger partial charge >= 0.3 is 0 Å². The molecule has 2 heterocycles. The molecule has 0 saturated heterocycles. The smallest absolute Gasteiger partial charge is 0.289 e. The van der Waals surface area contributed by atoms with Crippen LogP contribution in [-0.4, -0.2) is 29.1 Å². The highest BCUT2D eigenvalue weighted by Gasteiger charge is 2.15. The average Bonchev–Trinajstić information content (AvgIpc) is 3.38. The van der Waals surface area contributed by atoms with Crippen molar-refractivity contribution in [2.24, 2.45) is 4.99 Å². The SMILES string of the molecule is COCCn1c(=NC(=O)c2cc3cc([N+](=O)[O-])ccc3s2)sc2c3ccccc3ccc21. The molecule has 3 aromatic carbocycles. The Morgan fingerprint density at radius 1 is 1.09 bits per heavy atom. The lowest BCUT2D eigenvalue weighted by Gasteiger charge is -2.05. The van der Waals surface area contributed by atoms with Crippen LogP contribution in [0.25, 0.3) is 31.1 Å². The van der Waals surface area contributed by atoms with E-state index in [-0.39, 0.29) is 11.6 Å². The van der Waals surface area contributed by atoms with E-state index in [0.717, 1.165) is 25.7 Å². The van der Waals surface area contributed by atoms with E-state index in [4.69, 9.17) is 4.74 Å². The number of hydrogen-bond acceptors (Lipinski definition) is 6. The topological polar surface area (TPSA) is 86.7 Å². The van der Waals surface area contributed by atoms with Gasteiger partial charge in [-0.25, -0.2) is 0 Å². The lowest BCUT2D eigenvalue weighted by molar-refractivity contribution is -0.384. The summed E-state index contributed by atoms with van der Waals surface area (Å²) in [6, 6.07) is 18.5. The molecule has 0 saturated carbocycles. The molecule has 0 aliphatic rings. The van der Waals surface area contributed by atoms with Gasteiger partial charge in [-0.3, -0.25) is 14.9 Å². The Bertz CT molecular complexity index is 1580. The normalized spacial score (nSPS) is 12.2. The molecule has 0 atom stereocenters. The van der Waals surface area contributed by atoms with Crippen LogP contribution in [0, 0.1) is 10.1 Å². The first-order chi connectivity index (χ1) is 15.5. The minimum atomic E-state index is -0.441. The average molecular weight is 464 g/mol. The number of nitro benzene ring substituents is 1. The molecule has 9 heteroatoms. The Labute approximate surface area is 190 Å². The first kappa shape index (κ1) is 20.5. The molecule has 0 fully saturated rings. The number of ether oxygens (including phenoxy) is 1. The number of nitrogens with zero attached hydrogens (tertiary/aromatic N) is 3. The van der Waals surface area contributed by atoms with Gasteiger partial charge in [0.1, 0.15) is 0 Å². The van der Waals surface area contributed by atoms with Crippen LogP contribution in [0.5, 0.6) is 0 Å². The Morgan fingerprint density at radius 3 is 2.75 bits per heavy atom. The first-order valence-electron chi connectivity index (χ1n) is 9.82. The number of rotatable bonds is 5. The van der Waals surface area contributed by atoms with Crippen LogP contribution in [0.4, 0.5) is 5.69 Å². The number of carbonyl (C=O) groups excluding carboxylic acids is 1. The van der Waals surface area contributed by atoms with Gasteiger partial charge in [0.25, 0.3) is 11.6 Å². The Morgan fingerprint density at radius 2 is 1.94 bits per heavy atom. The van der Waals surface area contributed by atoms with Crippen molar-refractivity contribution in [1.82, 2.24) is 4.57 Å². The van der Waals surface area contributed by atoms with Crippen molar-refractivity contribution in [2.45, 2.75) is 6.54 Å². The molecule has 0 aliphatic heterocycles. The van der Waals surface area contributed by atoms with Gasteiger partial charge in [-0.1, -0.05) is 41.7 Å². The number of non-ortho nitro benzene ring substituents is 1. The number of hydrogen-bond donors (Lipinski definition) is 0. The molecule has 0 bridgehead atoms. The fourth-order valence-corrected chi connectivity index (χ4v) is 5.79. The van der Waals surface area contributed by atoms with Gasteiger partial charge in [0, 0.05) is 41.3 Å². The summed E-state index contributed by atoms with van der Waals surface area (Å²) < 4.78 is 9.15. The van der Waals surface area contributed by atoms with Crippen molar-refractivity contribution >= 4 is 65.3 Å². The largest absolute Gasteiger partial charge is 0.383 e. The molecule has 0 unspecified atom stereocenters. The lowest BCUT2D eigenvalue weighted by Crippen LogP contribution is -2.19. The van der Waals surface area contributed by atoms with Crippen LogP contribution in [0.2, 0.25) is 0 Å². The lowest BCUT2D eigenvalue weighted by atomic mass is 10.1. The molecular formula is C23H17N3O4S2. The number of thiazole rings is 1. The van der Waals surface area contributed by atoms with Crippen LogP contribution >= 0.6 is 22.7 Å². The van der Waals surface area contributed by atoms with Crippen LogP contribution in [0.1, 0.15) is 9.67 Å². The minimum Gasteiger partial charge on any atom is -0.383 e. The minimum absolute atomic E-state index is 0.0000275. The molecule has 0 N–H and O–H groups in total. The molecule has 0 aliphatic carbocycles. The monoisotopic (exact) mass is 463 g/mol. The Balaban J connectivity index is 1.64. The van der Waals surface area contributed by atoms with Crippen LogP contribution in [0.3, 0.4) is 0 Å². The molecular weight excluding hydrogens is 446 g/mol. The number of methoxy groups -OCH3 is 1. The fraction of sp³-hybridized carbons (Fsp3) is 0.130. The van der Waals surface area contributed by atoms with E-state index in [9.17, 15) is 14.9 Å². The second-order valence-corrected chi connectivity index (χ2v) is 9.23. The Kier molecular flexibility index (Phi) is 5.30. The third-order valence-corrected chi connectivity index (χ3v) is 7.44. The molecule has 7 nitrogen and oxygen atoms in total. The molecule has 0 radical (unpaired) electrons. The summed E-state index contributed by atoms with van der Waals surface area (Å²) >= 11 is 2.76. The van der Waals surface area contributed by atoms with Crippen LogP contribution < -0.4 is 4.80 Å². The predicted octanol–water partition coefficient (Wildman–Crippen LogP) is 5.37. The number of benzene rings is 3. The summed E-state index contributed by atoms with van der Waals surface area (Å²) in [6.07, 6.45) is 0. The number of nitro groups is 1. The van der Waals surface area contributed by atoms with Crippen LogP contribution in [0.15, 0.2) is 65.7 Å². The van der Waals surface area contributed by atoms with Gasteiger partial charge in [0.05, 0.1) is 26.6 Å². The molecule has 32 heavy (non-hydrogen) atoms. The number of aromatic nitrogens is 1. The summed E-state index contributed by atoms with van der Waals surface area (Å²) in [5.74, 6) is -0.365. The highest BCUT2D eigenvalue weighted by Crippen LogP contribution is 2.30. The van der Waals surface area contributed by atoms with Crippen molar-refractivity contribution in [3.05, 3.63) is 80.5 Å². The number of fused-ring (bicyclic) bond motifs is 4. The summed E-state index contributed by atoms with van der Waals surface area (Å²) in [6.45, 7) is 1.06. The van der Waals surface area contributed by atoms with Gasteiger partial charge < -0.3 is 9.30 Å². The van der Waals surface area contributed by atoms with E-state index >= 15 is 0 Å². The number of thiophene rings is 1. The van der Waals surface area contributed by atoms with Gasteiger partial charge in [-0.15, -0.1) is 11.3 Å². The highest BCUT2D eigenvalue weighted by atomic mass is 32.1. The van der Waals surface area contributed by atoms with E-state index in [0.29, 0.717) is 28.2 Å². The molecule has 160 valence electrons. The van der Waals surface area contributed by atoms with Gasteiger partial charge in [-0.05, 0) is 23.6 Å². The first-order valence-corrected chi connectivity index (χ1v) is 11.5. The maximum Gasteiger partial charge on any atom is 0.289 e. The van der Waals surface area contributed by atoms with Crippen molar-refractivity contribution in [3.63, 3.8) is 0 Å². The van der Waals surface area contributed by atoms with E-state index < -0.39 is 4.92 Å². The van der Waals surface area contributed by atoms with Crippen molar-refractivity contribution in [3.8, 4) is 0 Å². The number of amides is 1. The van der Waals surface area contributed by atoms with Crippen LogP contribution in [-0.2, 0) is 11.3 Å². The second-order valence-electron chi connectivity index (χ2n) is 7.17.